The summed E-state index contributed by atoms with van der Waals surface area (Å²) >= 11 is 0. The molecular formula is C14H18F2N2O3. The predicted octanol–water partition coefficient (Wildman–Crippen LogP) is 2.01. The van der Waals surface area contributed by atoms with E-state index in [9.17, 15) is 18.4 Å². The molecule has 1 atom stereocenters. The first-order valence-corrected chi connectivity index (χ1v) is 6.60. The van der Waals surface area contributed by atoms with E-state index in [-0.39, 0.29) is 0 Å². The average molecular weight is 300 g/mol. The maximum Gasteiger partial charge on any atom is 0.342 e. The van der Waals surface area contributed by atoms with Gasteiger partial charge in [-0.05, 0) is 19.4 Å². The fourth-order valence-corrected chi connectivity index (χ4v) is 1.53. The van der Waals surface area contributed by atoms with Gasteiger partial charge in [0.25, 0.3) is 5.91 Å². The number of carbonyl (C=O) groups excluding carboxylic acids is 2. The highest BCUT2D eigenvalue weighted by molar-refractivity contribution is 5.92. The van der Waals surface area contributed by atoms with Gasteiger partial charge in [0.2, 0.25) is 0 Å². The van der Waals surface area contributed by atoms with Crippen LogP contribution in [-0.4, -0.2) is 24.5 Å². The van der Waals surface area contributed by atoms with Gasteiger partial charge in [0.1, 0.15) is 11.6 Å². The zero-order chi connectivity index (χ0) is 16.0. The molecule has 0 fully saturated rings. The van der Waals surface area contributed by atoms with Crippen LogP contribution in [0.4, 0.5) is 14.5 Å². The van der Waals surface area contributed by atoms with Crippen molar-refractivity contribution in [3.8, 4) is 0 Å². The molecule has 0 bridgehead atoms. The molecule has 0 spiro atoms. The van der Waals surface area contributed by atoms with Crippen LogP contribution in [0.15, 0.2) is 12.1 Å². The lowest BCUT2D eigenvalue weighted by Crippen LogP contribution is -2.36. The van der Waals surface area contributed by atoms with E-state index < -0.39 is 40.9 Å². The van der Waals surface area contributed by atoms with Gasteiger partial charge in [-0.1, -0.05) is 13.3 Å². The van der Waals surface area contributed by atoms with E-state index in [0.717, 1.165) is 12.8 Å². The van der Waals surface area contributed by atoms with E-state index in [2.05, 4.69) is 5.32 Å². The molecule has 3 N–H and O–H groups in total. The van der Waals surface area contributed by atoms with E-state index in [1.54, 1.807) is 0 Å². The van der Waals surface area contributed by atoms with Crippen molar-refractivity contribution in [3.63, 3.8) is 0 Å². The minimum Gasteiger partial charge on any atom is -0.449 e. The number of benzene rings is 1. The average Bonchev–Trinajstić information content (AvgIpc) is 2.42. The first-order chi connectivity index (χ1) is 9.86. The summed E-state index contributed by atoms with van der Waals surface area (Å²) in [5.74, 6) is -3.54. The van der Waals surface area contributed by atoms with Crippen LogP contribution in [0.25, 0.3) is 0 Å². The number of carbonyl (C=O) groups is 2. The Morgan fingerprint density at radius 2 is 2.00 bits per heavy atom. The van der Waals surface area contributed by atoms with Crippen LogP contribution in [0.1, 0.15) is 37.0 Å². The van der Waals surface area contributed by atoms with Gasteiger partial charge in [-0.3, -0.25) is 4.79 Å². The van der Waals surface area contributed by atoms with Crippen LogP contribution in [0.2, 0.25) is 0 Å². The quantitative estimate of drug-likeness (QED) is 0.478. The number of hydrogen-bond donors (Lipinski definition) is 2. The molecule has 0 saturated carbocycles. The highest BCUT2D eigenvalue weighted by Crippen LogP contribution is 2.17. The molecule has 1 amide bonds. The van der Waals surface area contributed by atoms with Gasteiger partial charge in [0.05, 0.1) is 11.3 Å². The second kappa shape index (κ2) is 7.56. The van der Waals surface area contributed by atoms with Crippen molar-refractivity contribution in [2.45, 2.75) is 32.8 Å². The number of amides is 1. The van der Waals surface area contributed by atoms with E-state index in [4.69, 9.17) is 10.5 Å². The van der Waals surface area contributed by atoms with Crippen molar-refractivity contribution in [1.82, 2.24) is 5.32 Å². The third-order valence-electron chi connectivity index (χ3n) is 2.79. The number of hydrogen-bond acceptors (Lipinski definition) is 4. The minimum atomic E-state index is -1.12. The van der Waals surface area contributed by atoms with Crippen molar-refractivity contribution in [1.29, 1.82) is 0 Å². The van der Waals surface area contributed by atoms with Gasteiger partial charge in [0, 0.05) is 12.6 Å². The Morgan fingerprint density at radius 3 is 2.62 bits per heavy atom. The minimum absolute atomic E-state index is 0.408. The SMILES string of the molecule is CCCCNC(=O)C(C)OC(=O)c1cc(F)c(N)cc1F. The second-order valence-electron chi connectivity index (χ2n) is 4.55. The molecule has 0 heterocycles. The molecule has 0 aliphatic heterocycles. The first-order valence-electron chi connectivity index (χ1n) is 6.60. The van der Waals surface area contributed by atoms with Crippen LogP contribution in [-0.2, 0) is 9.53 Å². The molecular weight excluding hydrogens is 282 g/mol. The summed E-state index contributed by atoms with van der Waals surface area (Å²) in [6.45, 7) is 3.78. The molecule has 1 rings (SSSR count). The molecule has 21 heavy (non-hydrogen) atoms. The normalized spacial score (nSPS) is 11.8. The van der Waals surface area contributed by atoms with Crippen LogP contribution in [0.3, 0.4) is 0 Å². The van der Waals surface area contributed by atoms with Crippen molar-refractivity contribution >= 4 is 17.6 Å². The Kier molecular flexibility index (Phi) is 6.08. The summed E-state index contributed by atoms with van der Waals surface area (Å²) in [5.41, 5.74) is 4.17. The van der Waals surface area contributed by atoms with Crippen molar-refractivity contribution in [2.75, 3.05) is 12.3 Å². The smallest absolute Gasteiger partial charge is 0.342 e. The summed E-state index contributed by atoms with van der Waals surface area (Å²) < 4.78 is 31.6. The number of rotatable bonds is 6. The maximum atomic E-state index is 13.5. The third kappa shape index (κ3) is 4.70. The van der Waals surface area contributed by atoms with Crippen molar-refractivity contribution in [2.24, 2.45) is 0 Å². The number of nitrogens with one attached hydrogen (secondary N) is 1. The molecule has 0 aromatic heterocycles. The lowest BCUT2D eigenvalue weighted by molar-refractivity contribution is -0.129. The molecule has 0 radical (unpaired) electrons. The number of halogens is 2. The molecule has 1 unspecified atom stereocenters. The lowest BCUT2D eigenvalue weighted by atomic mass is 10.2. The monoisotopic (exact) mass is 300 g/mol. The molecule has 0 aliphatic rings. The first kappa shape index (κ1) is 16.9. The van der Waals surface area contributed by atoms with Crippen molar-refractivity contribution in [3.05, 3.63) is 29.3 Å². The molecule has 1 aromatic carbocycles. The summed E-state index contributed by atoms with van der Waals surface area (Å²) in [6.07, 6.45) is 0.601. The van der Waals surface area contributed by atoms with E-state index in [1.165, 1.54) is 6.92 Å². The molecule has 0 aliphatic carbocycles. The molecule has 7 heteroatoms. The van der Waals surface area contributed by atoms with E-state index in [0.29, 0.717) is 18.7 Å². The Hall–Kier alpha value is -2.18. The number of ether oxygens (including phenoxy) is 1. The van der Waals surface area contributed by atoms with Gasteiger partial charge in [-0.2, -0.15) is 0 Å². The Balaban J connectivity index is 2.68. The fourth-order valence-electron chi connectivity index (χ4n) is 1.53. The lowest BCUT2D eigenvalue weighted by Gasteiger charge is -2.14. The number of nitrogens with two attached hydrogens (primary N) is 1. The van der Waals surface area contributed by atoms with Crippen LogP contribution >= 0.6 is 0 Å². The zero-order valence-corrected chi connectivity index (χ0v) is 11.9. The summed E-state index contributed by atoms with van der Waals surface area (Å²) in [5, 5.41) is 2.57. The molecule has 116 valence electrons. The number of nitrogen functional groups attached to an aromatic ring is 1. The third-order valence-corrected chi connectivity index (χ3v) is 2.79. The van der Waals surface area contributed by atoms with Crippen LogP contribution in [0.5, 0.6) is 0 Å². The Labute approximate surface area is 121 Å². The van der Waals surface area contributed by atoms with Crippen LogP contribution in [0, 0.1) is 11.6 Å². The number of anilines is 1. The summed E-state index contributed by atoms with van der Waals surface area (Å²) in [6, 6.07) is 1.34. The topological polar surface area (TPSA) is 81.4 Å². The number of esters is 1. The van der Waals surface area contributed by atoms with Gasteiger partial charge in [0.15, 0.2) is 6.10 Å². The van der Waals surface area contributed by atoms with E-state index >= 15 is 0 Å². The Morgan fingerprint density at radius 1 is 1.33 bits per heavy atom. The highest BCUT2D eigenvalue weighted by Gasteiger charge is 2.22. The molecule has 0 saturated heterocycles. The largest absolute Gasteiger partial charge is 0.449 e. The zero-order valence-electron chi connectivity index (χ0n) is 11.9. The predicted molar refractivity (Wildman–Crippen MR) is 73.6 cm³/mol. The second-order valence-corrected chi connectivity index (χ2v) is 4.55. The van der Waals surface area contributed by atoms with Gasteiger partial charge in [-0.25, -0.2) is 13.6 Å². The molecule has 5 nitrogen and oxygen atoms in total. The van der Waals surface area contributed by atoms with Crippen LogP contribution < -0.4 is 11.1 Å². The van der Waals surface area contributed by atoms with Gasteiger partial charge >= 0.3 is 5.97 Å². The van der Waals surface area contributed by atoms with Crippen molar-refractivity contribution < 1.29 is 23.1 Å². The van der Waals surface area contributed by atoms with Gasteiger partial charge in [-0.15, -0.1) is 0 Å². The summed E-state index contributed by atoms with van der Waals surface area (Å²) in [4.78, 5) is 23.3. The highest BCUT2D eigenvalue weighted by atomic mass is 19.1. The van der Waals surface area contributed by atoms with Gasteiger partial charge < -0.3 is 15.8 Å². The Bertz CT molecular complexity index is 535. The standard InChI is InChI=1S/C14H18F2N2O3/c1-3-4-5-18-13(19)8(2)21-14(20)9-6-11(16)12(17)7-10(9)15/h6-8H,3-5,17H2,1-2H3,(H,18,19). The van der Waals surface area contributed by atoms with E-state index in [1.807, 2.05) is 6.92 Å². The summed E-state index contributed by atoms with van der Waals surface area (Å²) in [7, 11) is 0. The fraction of sp³-hybridized carbons (Fsp3) is 0.429. The number of unbranched alkanes of at least 4 members (excludes halogenated alkanes) is 1. The molecule has 1 aromatic rings. The maximum absolute atomic E-state index is 13.5.